The summed E-state index contributed by atoms with van der Waals surface area (Å²) in [6.45, 7) is 1.99. The summed E-state index contributed by atoms with van der Waals surface area (Å²) in [5.74, 6) is -0.185. The summed E-state index contributed by atoms with van der Waals surface area (Å²) in [6, 6.07) is 14.2. The summed E-state index contributed by atoms with van der Waals surface area (Å²) in [5.41, 5.74) is 3.94. The van der Waals surface area contributed by atoms with Crippen LogP contribution in [0.5, 0.6) is 5.75 Å². The molecule has 6 nitrogen and oxygen atoms in total. The number of aromatic nitrogens is 1. The number of carbonyl (C=O) groups excluding carboxylic acids is 1. The van der Waals surface area contributed by atoms with Crippen LogP contribution in [0.3, 0.4) is 0 Å². The van der Waals surface area contributed by atoms with Crippen molar-refractivity contribution in [1.82, 2.24) is 4.98 Å². The number of halogens is 1. The molecule has 1 aromatic heterocycles. The maximum absolute atomic E-state index is 14.5. The molecule has 0 saturated carbocycles. The average molecular weight is 452 g/mol. The molecule has 1 N–H and O–H groups in total. The number of pyridine rings is 1. The first kappa shape index (κ1) is 20.6. The van der Waals surface area contributed by atoms with Crippen molar-refractivity contribution in [3.05, 3.63) is 71.7 Å². The Morgan fingerprint density at radius 1 is 1.25 bits per heavy atom. The number of amides is 1. The topological polar surface area (TPSA) is 83.4 Å². The van der Waals surface area contributed by atoms with Crippen molar-refractivity contribution in [1.29, 1.82) is 4.78 Å². The van der Waals surface area contributed by atoms with E-state index in [0.717, 1.165) is 16.8 Å². The van der Waals surface area contributed by atoms with E-state index in [0.29, 0.717) is 36.4 Å². The van der Waals surface area contributed by atoms with Gasteiger partial charge < -0.3 is 9.64 Å². The summed E-state index contributed by atoms with van der Waals surface area (Å²) in [6.07, 6.45) is 1.99. The summed E-state index contributed by atoms with van der Waals surface area (Å²) in [4.78, 5) is 19.1. The van der Waals surface area contributed by atoms with Gasteiger partial charge in [0.15, 0.2) is 6.10 Å². The average Bonchev–Trinajstić information content (AvgIpc) is 3.42. The molecule has 1 unspecified atom stereocenters. The summed E-state index contributed by atoms with van der Waals surface area (Å²) < 4.78 is 40.9. The molecular formula is C24H22FN3O3S. The van der Waals surface area contributed by atoms with Gasteiger partial charge in [0, 0.05) is 36.2 Å². The van der Waals surface area contributed by atoms with Gasteiger partial charge in [-0.1, -0.05) is 13.0 Å². The van der Waals surface area contributed by atoms with Crippen molar-refractivity contribution in [3.63, 3.8) is 0 Å². The number of nitrogens with one attached hydrogen (secondary N) is 1. The predicted molar refractivity (Wildman–Crippen MR) is 120 cm³/mol. The van der Waals surface area contributed by atoms with E-state index < -0.39 is 21.7 Å². The molecule has 32 heavy (non-hydrogen) atoms. The lowest BCUT2D eigenvalue weighted by Gasteiger charge is -2.22. The molecular weight excluding hydrogens is 429 g/mol. The fraction of sp³-hybridized carbons (Fsp3) is 0.250. The van der Waals surface area contributed by atoms with Crippen molar-refractivity contribution in [2.75, 3.05) is 17.2 Å². The molecule has 2 aliphatic heterocycles. The lowest BCUT2D eigenvalue weighted by molar-refractivity contribution is -0.124. The van der Waals surface area contributed by atoms with Crippen LogP contribution < -0.4 is 9.64 Å². The minimum Gasteiger partial charge on any atom is -0.480 e. The van der Waals surface area contributed by atoms with Crippen LogP contribution in [-0.2, 0) is 27.4 Å². The van der Waals surface area contributed by atoms with Crippen molar-refractivity contribution in [2.45, 2.75) is 30.8 Å². The van der Waals surface area contributed by atoms with Gasteiger partial charge in [-0.05, 0) is 60.0 Å². The van der Waals surface area contributed by atoms with Crippen LogP contribution in [0.15, 0.2) is 59.6 Å². The lowest BCUT2D eigenvalue weighted by atomic mass is 10.0. The first-order valence-corrected chi connectivity index (χ1v) is 12.2. The number of fused-ring (bicyclic) bond motifs is 2. The SMILES string of the molecule is CCS(=N)(=O)c1cc2c(cc1F)CCN2C(=O)[C@H]1Cc2cc(-c3ccccn3)ccc2O1. The Balaban J connectivity index is 1.41. The predicted octanol–water partition coefficient (Wildman–Crippen LogP) is 4.21. The van der Waals surface area contributed by atoms with Gasteiger partial charge in [-0.3, -0.25) is 9.78 Å². The zero-order chi connectivity index (χ0) is 22.5. The van der Waals surface area contributed by atoms with E-state index in [1.54, 1.807) is 18.0 Å². The maximum Gasteiger partial charge on any atom is 0.268 e. The third-order valence-corrected chi connectivity index (χ3v) is 7.86. The highest BCUT2D eigenvalue weighted by Crippen LogP contribution is 2.37. The van der Waals surface area contributed by atoms with Gasteiger partial charge in [-0.15, -0.1) is 0 Å². The van der Waals surface area contributed by atoms with Gasteiger partial charge in [-0.25, -0.2) is 13.4 Å². The normalized spacial score (nSPS) is 18.6. The molecule has 0 fully saturated rings. The molecule has 0 bridgehead atoms. The molecule has 2 atom stereocenters. The van der Waals surface area contributed by atoms with E-state index in [1.165, 1.54) is 12.1 Å². The second-order valence-electron chi connectivity index (χ2n) is 7.96. The summed E-state index contributed by atoms with van der Waals surface area (Å²) in [5, 5.41) is 0. The zero-order valence-corrected chi connectivity index (χ0v) is 18.3. The third kappa shape index (κ3) is 3.44. The Bertz CT molecular complexity index is 1330. The second kappa shape index (κ2) is 7.70. The largest absolute Gasteiger partial charge is 0.480 e. The highest BCUT2D eigenvalue weighted by molar-refractivity contribution is 7.92. The first-order valence-electron chi connectivity index (χ1n) is 10.5. The fourth-order valence-corrected chi connectivity index (χ4v) is 5.27. The number of hydrogen-bond donors (Lipinski definition) is 1. The third-order valence-electron chi connectivity index (χ3n) is 6.03. The van der Waals surface area contributed by atoms with Gasteiger partial charge >= 0.3 is 0 Å². The highest BCUT2D eigenvalue weighted by Gasteiger charge is 2.36. The van der Waals surface area contributed by atoms with Gasteiger partial charge in [0.2, 0.25) is 0 Å². The van der Waals surface area contributed by atoms with E-state index in [-0.39, 0.29) is 16.6 Å². The Labute approximate surface area is 186 Å². The van der Waals surface area contributed by atoms with E-state index >= 15 is 0 Å². The number of benzene rings is 2. The molecule has 5 rings (SSSR count). The molecule has 3 aromatic rings. The molecule has 0 aliphatic carbocycles. The van der Waals surface area contributed by atoms with Crippen LogP contribution in [0.4, 0.5) is 10.1 Å². The molecule has 2 aliphatic rings. The van der Waals surface area contributed by atoms with Crippen LogP contribution in [0, 0.1) is 10.6 Å². The number of hydrogen-bond acceptors (Lipinski definition) is 5. The van der Waals surface area contributed by atoms with Crippen LogP contribution in [0.2, 0.25) is 0 Å². The van der Waals surface area contributed by atoms with E-state index in [9.17, 15) is 13.4 Å². The van der Waals surface area contributed by atoms with Crippen LogP contribution in [0.1, 0.15) is 18.1 Å². The van der Waals surface area contributed by atoms with Crippen LogP contribution in [-0.4, -0.2) is 33.5 Å². The Kier molecular flexibility index (Phi) is 4.97. The summed E-state index contributed by atoms with van der Waals surface area (Å²) >= 11 is 0. The van der Waals surface area contributed by atoms with Gasteiger partial charge in [0.1, 0.15) is 11.6 Å². The minimum absolute atomic E-state index is 0.0102. The van der Waals surface area contributed by atoms with Crippen molar-refractivity contribution in [2.24, 2.45) is 0 Å². The fourth-order valence-electron chi connectivity index (χ4n) is 4.28. The van der Waals surface area contributed by atoms with Gasteiger partial charge in [-0.2, -0.15) is 0 Å². The van der Waals surface area contributed by atoms with Gasteiger partial charge in [0.25, 0.3) is 5.91 Å². The highest BCUT2D eigenvalue weighted by atomic mass is 32.2. The number of anilines is 1. The number of nitrogens with zero attached hydrogens (tertiary/aromatic N) is 2. The Morgan fingerprint density at radius 3 is 2.84 bits per heavy atom. The first-order chi connectivity index (χ1) is 15.4. The number of carbonyl (C=O) groups is 1. The molecule has 3 heterocycles. The zero-order valence-electron chi connectivity index (χ0n) is 17.5. The quantitative estimate of drug-likeness (QED) is 0.644. The van der Waals surface area contributed by atoms with Crippen LogP contribution >= 0.6 is 0 Å². The van der Waals surface area contributed by atoms with Gasteiger partial charge in [0.05, 0.1) is 20.3 Å². The Morgan fingerprint density at radius 2 is 2.09 bits per heavy atom. The van der Waals surface area contributed by atoms with E-state index in [2.05, 4.69) is 4.98 Å². The number of rotatable bonds is 4. The molecule has 1 amide bonds. The van der Waals surface area contributed by atoms with Crippen molar-refractivity contribution >= 4 is 21.3 Å². The lowest BCUT2D eigenvalue weighted by Crippen LogP contribution is -2.40. The summed E-state index contributed by atoms with van der Waals surface area (Å²) in [7, 11) is -3.24. The number of ether oxygens (including phenoxy) is 1. The van der Waals surface area contributed by atoms with Crippen molar-refractivity contribution < 1.29 is 18.1 Å². The smallest absolute Gasteiger partial charge is 0.268 e. The molecule has 0 radical (unpaired) electrons. The molecule has 0 spiro atoms. The van der Waals surface area contributed by atoms with E-state index in [4.69, 9.17) is 9.52 Å². The monoisotopic (exact) mass is 451 g/mol. The molecule has 164 valence electrons. The molecule has 0 saturated heterocycles. The van der Waals surface area contributed by atoms with Crippen LogP contribution in [0.25, 0.3) is 11.3 Å². The second-order valence-corrected chi connectivity index (χ2v) is 10.3. The maximum atomic E-state index is 14.5. The minimum atomic E-state index is -3.24. The molecule has 2 aromatic carbocycles. The Hall–Kier alpha value is -3.26. The van der Waals surface area contributed by atoms with Crippen molar-refractivity contribution in [3.8, 4) is 17.0 Å². The molecule has 8 heteroatoms. The standard InChI is InChI=1S/C24H22FN3O3S/c1-2-32(26,30)23-14-20-16(12-18(23)25)8-10-28(20)24(29)22-13-17-11-15(6-7-21(17)31-22)19-5-3-4-9-27-19/h3-7,9,11-12,14,22,26H,2,8,10,13H2,1H3/t22-,32?/m1/s1. The van der Waals surface area contributed by atoms with E-state index in [1.807, 2.05) is 36.4 Å².